The fourth-order valence-electron chi connectivity index (χ4n) is 2.59. The van der Waals surface area contributed by atoms with Gasteiger partial charge in [-0.3, -0.25) is 4.98 Å². The van der Waals surface area contributed by atoms with Gasteiger partial charge < -0.3 is 9.62 Å². The molecule has 0 aliphatic carbocycles. The van der Waals surface area contributed by atoms with Gasteiger partial charge in [0, 0.05) is 27.5 Å². The molecule has 0 fully saturated rings. The van der Waals surface area contributed by atoms with E-state index in [-0.39, 0.29) is 0 Å². The zero-order chi connectivity index (χ0) is 15.8. The van der Waals surface area contributed by atoms with Crippen molar-refractivity contribution in [3.8, 4) is 11.5 Å². The Labute approximate surface area is 139 Å². The van der Waals surface area contributed by atoms with Gasteiger partial charge in [-0.1, -0.05) is 45.4 Å². The number of nitrogens with zero attached hydrogens (tertiary/aromatic N) is 2. The number of pyridine rings is 1. The number of hydrogen-bond donors (Lipinski definition) is 1. The van der Waals surface area contributed by atoms with Gasteiger partial charge in [0.15, 0.2) is 5.76 Å². The highest BCUT2D eigenvalue weighted by molar-refractivity contribution is 9.10. The van der Waals surface area contributed by atoms with Crippen LogP contribution in [-0.2, 0) is 0 Å². The second-order valence-corrected chi connectivity index (χ2v) is 5.98. The maximum Gasteiger partial charge on any atom is 0.155 e. The van der Waals surface area contributed by atoms with Crippen LogP contribution in [-0.4, -0.2) is 10.2 Å². The van der Waals surface area contributed by atoms with Crippen molar-refractivity contribution in [3.05, 3.63) is 70.6 Å². The largest absolute Gasteiger partial charge is 0.454 e. The van der Waals surface area contributed by atoms with Crippen LogP contribution in [0.2, 0.25) is 0 Å². The molecule has 4 nitrogen and oxygen atoms in total. The van der Waals surface area contributed by atoms with Gasteiger partial charge in [-0.25, -0.2) is 0 Å². The molecule has 0 radical (unpaired) electrons. The van der Waals surface area contributed by atoms with E-state index in [2.05, 4.69) is 26.1 Å². The molecule has 112 valence electrons. The summed E-state index contributed by atoms with van der Waals surface area (Å²) in [4.78, 5) is 4.46. The number of para-hydroxylation sites is 1. The van der Waals surface area contributed by atoms with Crippen LogP contribution in [0.25, 0.3) is 33.2 Å². The number of benzene rings is 2. The second kappa shape index (κ2) is 5.52. The molecule has 0 amide bonds. The topological polar surface area (TPSA) is 58.6 Å². The van der Waals surface area contributed by atoms with Crippen molar-refractivity contribution in [3.63, 3.8) is 0 Å². The number of halogens is 1. The fourth-order valence-corrected chi connectivity index (χ4v) is 3.09. The van der Waals surface area contributed by atoms with Crippen molar-refractivity contribution in [2.75, 3.05) is 0 Å². The summed E-state index contributed by atoms with van der Waals surface area (Å²) in [6.45, 7) is 0. The van der Waals surface area contributed by atoms with E-state index in [1.54, 1.807) is 12.3 Å². The summed E-state index contributed by atoms with van der Waals surface area (Å²) < 4.78 is 6.92. The van der Waals surface area contributed by atoms with Gasteiger partial charge >= 0.3 is 0 Å². The monoisotopic (exact) mass is 366 g/mol. The first-order valence-electron chi connectivity index (χ1n) is 7.02. The zero-order valence-corrected chi connectivity index (χ0v) is 13.5. The SMILES string of the molecule is O/N=c1/cc(-c2cc3c(Br)cccc3cn2)oc2ccccc12. The highest BCUT2D eigenvalue weighted by Gasteiger charge is 2.09. The summed E-state index contributed by atoms with van der Waals surface area (Å²) in [6, 6.07) is 17.0. The van der Waals surface area contributed by atoms with Crippen molar-refractivity contribution in [1.29, 1.82) is 0 Å². The lowest BCUT2D eigenvalue weighted by Crippen LogP contribution is -2.03. The third-order valence-electron chi connectivity index (χ3n) is 3.72. The molecule has 0 aliphatic heterocycles. The van der Waals surface area contributed by atoms with Crippen LogP contribution in [0.4, 0.5) is 0 Å². The Morgan fingerprint density at radius 1 is 1.00 bits per heavy atom. The average Bonchev–Trinajstić information content (AvgIpc) is 2.61. The maximum atomic E-state index is 9.28. The molecule has 1 N–H and O–H groups in total. The molecule has 4 aromatic rings. The van der Waals surface area contributed by atoms with Gasteiger partial charge in [-0.15, -0.1) is 0 Å². The van der Waals surface area contributed by atoms with Gasteiger partial charge in [0.05, 0.1) is 0 Å². The highest BCUT2D eigenvalue weighted by Crippen LogP contribution is 2.28. The Morgan fingerprint density at radius 3 is 2.74 bits per heavy atom. The maximum absolute atomic E-state index is 9.28. The predicted molar refractivity (Wildman–Crippen MR) is 92.0 cm³/mol. The summed E-state index contributed by atoms with van der Waals surface area (Å²) in [5.74, 6) is 0.550. The molecule has 4 rings (SSSR count). The van der Waals surface area contributed by atoms with E-state index in [0.29, 0.717) is 22.4 Å². The minimum absolute atomic E-state index is 0.455. The molecule has 23 heavy (non-hydrogen) atoms. The Kier molecular flexibility index (Phi) is 3.35. The molecule has 0 bridgehead atoms. The Hall–Kier alpha value is -2.66. The summed E-state index contributed by atoms with van der Waals surface area (Å²) in [7, 11) is 0. The first-order chi connectivity index (χ1) is 11.3. The second-order valence-electron chi connectivity index (χ2n) is 5.12. The van der Waals surface area contributed by atoms with Crippen LogP contribution < -0.4 is 5.36 Å². The van der Waals surface area contributed by atoms with Crippen molar-refractivity contribution in [2.24, 2.45) is 5.16 Å². The Morgan fingerprint density at radius 2 is 1.87 bits per heavy atom. The first kappa shape index (κ1) is 14.0. The minimum atomic E-state index is 0.455. The number of aromatic nitrogens is 1. The van der Waals surface area contributed by atoms with Crippen LogP contribution in [0.5, 0.6) is 0 Å². The van der Waals surface area contributed by atoms with E-state index < -0.39 is 0 Å². The molecule has 0 saturated carbocycles. The standard InChI is InChI=1S/C18H11BrN2O2/c19-14-6-3-4-11-10-20-16(8-13(11)14)18-9-15(21-22)12-5-1-2-7-17(12)23-18/h1-10,22H/b21-15-. The molecule has 2 aromatic carbocycles. The van der Waals surface area contributed by atoms with E-state index in [9.17, 15) is 5.21 Å². The summed E-state index contributed by atoms with van der Waals surface area (Å²) in [5, 5.41) is 15.9. The zero-order valence-electron chi connectivity index (χ0n) is 11.9. The van der Waals surface area contributed by atoms with Crippen LogP contribution in [0.3, 0.4) is 0 Å². The quantitative estimate of drug-likeness (QED) is 0.392. The average molecular weight is 367 g/mol. The third-order valence-corrected chi connectivity index (χ3v) is 4.41. The normalized spacial score (nSPS) is 12.1. The molecule has 5 heteroatoms. The Bertz CT molecular complexity index is 1100. The fraction of sp³-hybridized carbons (Fsp3) is 0. The van der Waals surface area contributed by atoms with Crippen LogP contribution in [0.1, 0.15) is 0 Å². The smallest absolute Gasteiger partial charge is 0.155 e. The molecular formula is C18H11BrN2O2. The minimum Gasteiger partial charge on any atom is -0.454 e. The van der Waals surface area contributed by atoms with Crippen LogP contribution in [0, 0.1) is 0 Å². The Balaban J connectivity index is 2.01. The molecule has 0 saturated heterocycles. The lowest BCUT2D eigenvalue weighted by Gasteiger charge is -2.06. The molecule has 0 aliphatic rings. The lowest BCUT2D eigenvalue weighted by atomic mass is 10.1. The van der Waals surface area contributed by atoms with Gasteiger partial charge in [-0.05, 0) is 29.7 Å². The van der Waals surface area contributed by atoms with E-state index in [1.807, 2.05) is 48.5 Å². The number of rotatable bonds is 1. The van der Waals surface area contributed by atoms with Crippen LogP contribution >= 0.6 is 15.9 Å². The predicted octanol–water partition coefficient (Wildman–Crippen LogP) is 4.70. The van der Waals surface area contributed by atoms with E-state index >= 15 is 0 Å². The van der Waals surface area contributed by atoms with Crippen molar-refractivity contribution >= 4 is 37.7 Å². The van der Waals surface area contributed by atoms with Crippen molar-refractivity contribution in [2.45, 2.75) is 0 Å². The van der Waals surface area contributed by atoms with Crippen molar-refractivity contribution in [1.82, 2.24) is 4.98 Å². The van der Waals surface area contributed by atoms with E-state index in [1.165, 1.54) is 0 Å². The van der Waals surface area contributed by atoms with Gasteiger partial charge in [0.25, 0.3) is 0 Å². The molecule has 2 aromatic heterocycles. The number of hydrogen-bond acceptors (Lipinski definition) is 4. The highest BCUT2D eigenvalue weighted by atomic mass is 79.9. The van der Waals surface area contributed by atoms with Gasteiger partial charge in [0.2, 0.25) is 0 Å². The van der Waals surface area contributed by atoms with Crippen molar-refractivity contribution < 1.29 is 9.62 Å². The third kappa shape index (κ3) is 2.39. The van der Waals surface area contributed by atoms with E-state index in [0.717, 1.165) is 20.6 Å². The van der Waals surface area contributed by atoms with Gasteiger partial charge in [0.1, 0.15) is 16.6 Å². The summed E-state index contributed by atoms with van der Waals surface area (Å²) in [6.07, 6.45) is 1.80. The lowest BCUT2D eigenvalue weighted by molar-refractivity contribution is 0.302. The summed E-state index contributed by atoms with van der Waals surface area (Å²) in [5.41, 5.74) is 1.33. The first-order valence-corrected chi connectivity index (χ1v) is 7.81. The summed E-state index contributed by atoms with van der Waals surface area (Å²) >= 11 is 3.55. The molecule has 2 heterocycles. The van der Waals surface area contributed by atoms with Crippen LogP contribution in [0.15, 0.2) is 74.8 Å². The van der Waals surface area contributed by atoms with E-state index in [4.69, 9.17) is 4.42 Å². The molecule has 0 spiro atoms. The molecule has 0 atom stereocenters. The van der Waals surface area contributed by atoms with Gasteiger partial charge in [-0.2, -0.15) is 0 Å². The molecule has 0 unspecified atom stereocenters. The molecular weight excluding hydrogens is 356 g/mol. The number of fused-ring (bicyclic) bond motifs is 2.